The SMILES string of the molecule is CCCCOc1ccc(C(=O)N=c2sc3ccc(Cl)c(Cl)c3n2CCOC)cc1. The van der Waals surface area contributed by atoms with Crippen molar-refractivity contribution in [3.63, 3.8) is 0 Å². The van der Waals surface area contributed by atoms with E-state index < -0.39 is 0 Å². The molecule has 0 aliphatic carbocycles. The molecule has 0 spiro atoms. The first kappa shape index (κ1) is 21.8. The zero-order valence-corrected chi connectivity index (χ0v) is 18.6. The van der Waals surface area contributed by atoms with E-state index in [0.29, 0.717) is 40.2 Å². The number of benzene rings is 2. The average molecular weight is 453 g/mol. The van der Waals surface area contributed by atoms with Crippen LogP contribution in [0.25, 0.3) is 10.2 Å². The number of rotatable bonds is 8. The van der Waals surface area contributed by atoms with Gasteiger partial charge in [0, 0.05) is 19.2 Å². The molecule has 0 bridgehead atoms. The summed E-state index contributed by atoms with van der Waals surface area (Å²) in [5.74, 6) is 0.415. The zero-order chi connectivity index (χ0) is 20.8. The molecule has 29 heavy (non-hydrogen) atoms. The van der Waals surface area contributed by atoms with Crippen molar-refractivity contribution >= 4 is 50.7 Å². The molecule has 2 aromatic carbocycles. The van der Waals surface area contributed by atoms with E-state index in [2.05, 4.69) is 11.9 Å². The predicted octanol–water partition coefficient (Wildman–Crippen LogP) is 5.58. The standard InChI is InChI=1S/C21H22Cl2N2O3S/c1-3-4-12-28-15-7-5-14(6-8-15)20(26)24-21-25(11-13-27-2)19-17(29-21)10-9-16(22)18(19)23/h5-10H,3-4,11-13H2,1-2H3. The van der Waals surface area contributed by atoms with Gasteiger partial charge in [-0.15, -0.1) is 0 Å². The molecule has 0 saturated heterocycles. The van der Waals surface area contributed by atoms with Crippen molar-refractivity contribution in [1.82, 2.24) is 4.57 Å². The first-order chi connectivity index (χ1) is 14.0. The average Bonchev–Trinajstić information content (AvgIpc) is 3.07. The minimum Gasteiger partial charge on any atom is -0.494 e. The van der Waals surface area contributed by atoms with Gasteiger partial charge in [0.05, 0.1) is 33.5 Å². The molecule has 1 heterocycles. The number of thiazole rings is 1. The highest BCUT2D eigenvalue weighted by molar-refractivity contribution is 7.16. The minimum absolute atomic E-state index is 0.329. The van der Waals surface area contributed by atoms with Crippen LogP contribution in [0.3, 0.4) is 0 Å². The number of fused-ring (bicyclic) bond motifs is 1. The Morgan fingerprint density at radius 1 is 1.14 bits per heavy atom. The van der Waals surface area contributed by atoms with Gasteiger partial charge in [0.2, 0.25) is 0 Å². The molecule has 0 N–H and O–H groups in total. The molecule has 8 heteroatoms. The van der Waals surface area contributed by atoms with Crippen LogP contribution in [0.1, 0.15) is 30.1 Å². The van der Waals surface area contributed by atoms with E-state index in [1.807, 2.05) is 10.6 Å². The van der Waals surface area contributed by atoms with Crippen LogP contribution in [0.4, 0.5) is 0 Å². The van der Waals surface area contributed by atoms with E-state index in [1.165, 1.54) is 11.3 Å². The van der Waals surface area contributed by atoms with E-state index in [9.17, 15) is 4.79 Å². The van der Waals surface area contributed by atoms with E-state index in [4.69, 9.17) is 32.7 Å². The molecule has 1 amide bonds. The fourth-order valence-electron chi connectivity index (χ4n) is 2.76. The quantitative estimate of drug-likeness (QED) is 0.419. The van der Waals surface area contributed by atoms with E-state index in [0.717, 1.165) is 28.8 Å². The summed E-state index contributed by atoms with van der Waals surface area (Å²) in [4.78, 5) is 17.6. The Balaban J connectivity index is 1.94. The maximum atomic E-state index is 12.7. The van der Waals surface area contributed by atoms with Crippen LogP contribution >= 0.6 is 34.5 Å². The van der Waals surface area contributed by atoms with Crippen molar-refractivity contribution in [3.05, 3.63) is 56.8 Å². The summed E-state index contributed by atoms with van der Waals surface area (Å²) in [7, 11) is 1.62. The number of amides is 1. The first-order valence-corrected chi connectivity index (χ1v) is 10.9. The minimum atomic E-state index is -0.329. The molecule has 0 radical (unpaired) electrons. The van der Waals surface area contributed by atoms with Crippen LogP contribution in [-0.4, -0.2) is 30.8 Å². The molecule has 3 aromatic rings. The Kier molecular flexibility index (Phi) is 7.72. The number of ether oxygens (including phenoxy) is 2. The summed E-state index contributed by atoms with van der Waals surface area (Å²) >= 11 is 14.0. The highest BCUT2D eigenvalue weighted by atomic mass is 35.5. The van der Waals surface area contributed by atoms with Crippen molar-refractivity contribution in [1.29, 1.82) is 0 Å². The lowest BCUT2D eigenvalue weighted by Gasteiger charge is -2.07. The molecule has 3 rings (SSSR count). The van der Waals surface area contributed by atoms with Crippen molar-refractivity contribution in [2.45, 2.75) is 26.3 Å². The Morgan fingerprint density at radius 2 is 1.90 bits per heavy atom. The second kappa shape index (κ2) is 10.3. The molecule has 0 saturated carbocycles. The molecule has 0 fully saturated rings. The number of nitrogens with zero attached hydrogens (tertiary/aromatic N) is 2. The van der Waals surface area contributed by atoms with Gasteiger partial charge in [-0.1, -0.05) is 47.9 Å². The summed E-state index contributed by atoms with van der Waals surface area (Å²) in [5, 5.41) is 0.902. The maximum Gasteiger partial charge on any atom is 0.279 e. The number of unbranched alkanes of at least 4 members (excludes halogenated alkanes) is 1. The van der Waals surface area contributed by atoms with Crippen molar-refractivity contribution in [2.24, 2.45) is 4.99 Å². The van der Waals surface area contributed by atoms with Gasteiger partial charge in [0.25, 0.3) is 5.91 Å². The number of halogens is 2. The normalized spacial score (nSPS) is 11.9. The lowest BCUT2D eigenvalue weighted by Crippen LogP contribution is -2.19. The van der Waals surface area contributed by atoms with Gasteiger partial charge in [0.15, 0.2) is 4.80 Å². The Bertz CT molecular complexity index is 1060. The summed E-state index contributed by atoms with van der Waals surface area (Å²) in [6.07, 6.45) is 2.07. The van der Waals surface area contributed by atoms with Crippen LogP contribution in [0, 0.1) is 0 Å². The lowest BCUT2D eigenvalue weighted by molar-refractivity contribution is 0.0997. The molecule has 0 aliphatic rings. The van der Waals surface area contributed by atoms with Gasteiger partial charge in [-0.05, 0) is 42.8 Å². The third-order valence-corrected chi connectivity index (χ3v) is 6.16. The molecular weight excluding hydrogens is 431 g/mol. The van der Waals surface area contributed by atoms with Crippen LogP contribution in [0.2, 0.25) is 10.0 Å². The third-order valence-electron chi connectivity index (χ3n) is 4.32. The van der Waals surface area contributed by atoms with Gasteiger partial charge in [0.1, 0.15) is 5.75 Å². The fraction of sp³-hybridized carbons (Fsp3) is 0.333. The van der Waals surface area contributed by atoms with Crippen molar-refractivity contribution in [3.8, 4) is 5.75 Å². The molecule has 154 valence electrons. The number of hydrogen-bond donors (Lipinski definition) is 0. The first-order valence-electron chi connectivity index (χ1n) is 9.33. The summed E-state index contributed by atoms with van der Waals surface area (Å²) in [6, 6.07) is 10.7. The summed E-state index contributed by atoms with van der Waals surface area (Å²) in [6.45, 7) is 3.74. The second-order valence-corrected chi connectivity index (χ2v) is 8.17. The summed E-state index contributed by atoms with van der Waals surface area (Å²) in [5.41, 5.74) is 1.25. The number of hydrogen-bond acceptors (Lipinski definition) is 4. The third kappa shape index (κ3) is 5.20. The van der Waals surface area contributed by atoms with Gasteiger partial charge < -0.3 is 14.0 Å². The maximum absolute atomic E-state index is 12.7. The number of carbonyl (C=O) groups is 1. The zero-order valence-electron chi connectivity index (χ0n) is 16.3. The van der Waals surface area contributed by atoms with E-state index >= 15 is 0 Å². The fourth-order valence-corrected chi connectivity index (χ4v) is 4.30. The van der Waals surface area contributed by atoms with Gasteiger partial charge in [-0.2, -0.15) is 4.99 Å². The largest absolute Gasteiger partial charge is 0.494 e. The molecule has 0 unspecified atom stereocenters. The number of carbonyl (C=O) groups excluding carboxylic acids is 1. The monoisotopic (exact) mass is 452 g/mol. The molecule has 5 nitrogen and oxygen atoms in total. The van der Waals surface area contributed by atoms with Gasteiger partial charge in [-0.25, -0.2) is 0 Å². The molecular formula is C21H22Cl2N2O3S. The molecule has 0 aliphatic heterocycles. The molecule has 1 aromatic heterocycles. The Hall–Kier alpha value is -1.86. The van der Waals surface area contributed by atoms with Gasteiger partial charge in [-0.3, -0.25) is 4.79 Å². The highest BCUT2D eigenvalue weighted by Crippen LogP contribution is 2.32. The highest BCUT2D eigenvalue weighted by Gasteiger charge is 2.14. The van der Waals surface area contributed by atoms with Gasteiger partial charge >= 0.3 is 0 Å². The molecule has 0 atom stereocenters. The van der Waals surface area contributed by atoms with Crippen LogP contribution in [0.15, 0.2) is 41.4 Å². The van der Waals surface area contributed by atoms with Crippen LogP contribution in [0.5, 0.6) is 5.75 Å². The van der Waals surface area contributed by atoms with Crippen LogP contribution < -0.4 is 9.54 Å². The number of aromatic nitrogens is 1. The Morgan fingerprint density at radius 3 is 2.59 bits per heavy atom. The predicted molar refractivity (Wildman–Crippen MR) is 118 cm³/mol. The number of methoxy groups -OCH3 is 1. The smallest absolute Gasteiger partial charge is 0.279 e. The Labute approximate surface area is 183 Å². The second-order valence-electron chi connectivity index (χ2n) is 6.38. The lowest BCUT2D eigenvalue weighted by atomic mass is 10.2. The van der Waals surface area contributed by atoms with E-state index in [-0.39, 0.29) is 5.91 Å². The van der Waals surface area contributed by atoms with Crippen molar-refractivity contribution in [2.75, 3.05) is 20.3 Å². The van der Waals surface area contributed by atoms with Crippen molar-refractivity contribution < 1.29 is 14.3 Å². The topological polar surface area (TPSA) is 52.8 Å². The van der Waals surface area contributed by atoms with Crippen LogP contribution in [-0.2, 0) is 11.3 Å². The van der Waals surface area contributed by atoms with E-state index in [1.54, 1.807) is 37.4 Å². The summed E-state index contributed by atoms with van der Waals surface area (Å²) < 4.78 is 13.6.